The van der Waals surface area contributed by atoms with Crippen molar-refractivity contribution in [3.05, 3.63) is 22.4 Å². The summed E-state index contributed by atoms with van der Waals surface area (Å²) in [6, 6.07) is 2.01. The highest BCUT2D eigenvalue weighted by Crippen LogP contribution is 2.36. The summed E-state index contributed by atoms with van der Waals surface area (Å²) in [5, 5.41) is 0. The molecule has 0 bridgehead atoms. The van der Waals surface area contributed by atoms with E-state index in [1.807, 2.05) is 16.4 Å². The van der Waals surface area contributed by atoms with Gasteiger partial charge in [0, 0.05) is 30.3 Å². The third-order valence-corrected chi connectivity index (χ3v) is 4.64. The average molecular weight is 399 g/mol. The molecule has 80 valence electrons. The fourth-order valence-corrected chi connectivity index (χ4v) is 3.35. The number of hydrogen-bond donors (Lipinski definition) is 0. The summed E-state index contributed by atoms with van der Waals surface area (Å²) in [5.41, 5.74) is 3.23. The van der Waals surface area contributed by atoms with Crippen molar-refractivity contribution >= 4 is 57.3 Å². The molecular weight excluding hydrogens is 391 g/mol. The van der Waals surface area contributed by atoms with Crippen LogP contribution in [-0.2, 0) is 0 Å². The van der Waals surface area contributed by atoms with Gasteiger partial charge in [-0.25, -0.2) is 4.98 Å². The maximum absolute atomic E-state index is 5.27. The lowest BCUT2D eigenvalue weighted by Gasteiger charge is -2.07. The van der Waals surface area contributed by atoms with Crippen LogP contribution in [0.2, 0.25) is 0 Å². The zero-order valence-corrected chi connectivity index (χ0v) is 12.7. The smallest absolute Gasteiger partial charge is 0.135 e. The SMILES string of the molecule is COc1cc(C)c2c(ncn2SI)c1Br. The van der Waals surface area contributed by atoms with E-state index in [2.05, 4.69) is 49.0 Å². The standard InChI is InChI=1S/C9H8BrIN2OS/c1-5-3-6(14-2)7(10)8-9(5)13(15-11)4-12-8/h3-4H,1-2H3. The topological polar surface area (TPSA) is 27.1 Å². The monoisotopic (exact) mass is 398 g/mol. The molecule has 0 aliphatic carbocycles. The molecule has 2 aromatic rings. The van der Waals surface area contributed by atoms with Gasteiger partial charge >= 0.3 is 0 Å². The first kappa shape index (κ1) is 11.5. The minimum absolute atomic E-state index is 0.823. The molecule has 1 aromatic heterocycles. The van der Waals surface area contributed by atoms with Gasteiger partial charge in [-0.1, -0.05) is 0 Å². The van der Waals surface area contributed by atoms with Crippen molar-refractivity contribution in [2.45, 2.75) is 6.92 Å². The van der Waals surface area contributed by atoms with Gasteiger partial charge in [0.1, 0.15) is 17.6 Å². The van der Waals surface area contributed by atoms with Gasteiger partial charge < -0.3 is 4.74 Å². The van der Waals surface area contributed by atoms with Gasteiger partial charge in [-0.2, -0.15) is 0 Å². The van der Waals surface area contributed by atoms with Crippen molar-refractivity contribution < 1.29 is 4.74 Å². The van der Waals surface area contributed by atoms with Crippen LogP contribution in [0.5, 0.6) is 5.75 Å². The fraction of sp³-hybridized carbons (Fsp3) is 0.222. The summed E-state index contributed by atoms with van der Waals surface area (Å²) in [4.78, 5) is 4.37. The number of benzene rings is 1. The van der Waals surface area contributed by atoms with Crippen molar-refractivity contribution in [3.63, 3.8) is 0 Å². The Hall–Kier alpha value is 0.0500. The van der Waals surface area contributed by atoms with Crippen molar-refractivity contribution in [2.24, 2.45) is 0 Å². The highest BCUT2D eigenvalue weighted by Gasteiger charge is 2.13. The van der Waals surface area contributed by atoms with E-state index in [0.29, 0.717) is 0 Å². The van der Waals surface area contributed by atoms with E-state index in [4.69, 9.17) is 4.74 Å². The Morgan fingerprint density at radius 3 is 2.93 bits per heavy atom. The minimum atomic E-state index is 0.823. The van der Waals surface area contributed by atoms with Crippen molar-refractivity contribution in [1.29, 1.82) is 0 Å². The van der Waals surface area contributed by atoms with Crippen molar-refractivity contribution in [1.82, 2.24) is 8.96 Å². The Balaban J connectivity index is 2.83. The molecule has 0 saturated heterocycles. The number of aryl methyl sites for hydroxylation is 1. The molecule has 0 N–H and O–H groups in total. The van der Waals surface area contributed by atoms with Gasteiger partial charge in [-0.05, 0) is 34.5 Å². The number of rotatable bonds is 2. The van der Waals surface area contributed by atoms with Crippen LogP contribution in [0, 0.1) is 6.92 Å². The second-order valence-corrected chi connectivity index (χ2v) is 5.55. The highest BCUT2D eigenvalue weighted by molar-refractivity contribution is 14.2. The number of halogens is 2. The number of methoxy groups -OCH3 is 1. The summed E-state index contributed by atoms with van der Waals surface area (Å²) >= 11 is 5.74. The summed E-state index contributed by atoms with van der Waals surface area (Å²) in [5.74, 6) is 0.823. The van der Waals surface area contributed by atoms with Crippen molar-refractivity contribution in [3.8, 4) is 5.75 Å². The molecule has 1 aromatic carbocycles. The average Bonchev–Trinajstić information content (AvgIpc) is 2.67. The lowest BCUT2D eigenvalue weighted by molar-refractivity contribution is 0.412. The molecule has 0 spiro atoms. The second kappa shape index (κ2) is 4.50. The molecule has 0 saturated carbocycles. The van der Waals surface area contributed by atoms with E-state index in [1.54, 1.807) is 16.2 Å². The molecule has 0 unspecified atom stereocenters. The van der Waals surface area contributed by atoms with Crippen LogP contribution < -0.4 is 4.74 Å². The van der Waals surface area contributed by atoms with Gasteiger partial charge in [0.25, 0.3) is 0 Å². The van der Waals surface area contributed by atoms with Crippen LogP contribution >= 0.6 is 46.3 Å². The van der Waals surface area contributed by atoms with Crippen LogP contribution in [0.15, 0.2) is 16.9 Å². The quantitative estimate of drug-likeness (QED) is 0.716. The predicted octanol–water partition coefficient (Wildman–Crippen LogP) is 3.96. The zero-order chi connectivity index (χ0) is 11.0. The van der Waals surface area contributed by atoms with Gasteiger partial charge in [-0.15, -0.1) is 0 Å². The Bertz CT molecular complexity index is 514. The van der Waals surface area contributed by atoms with E-state index >= 15 is 0 Å². The normalized spacial score (nSPS) is 10.9. The molecule has 3 nitrogen and oxygen atoms in total. The molecule has 15 heavy (non-hydrogen) atoms. The number of ether oxygens (including phenoxy) is 1. The number of imidazole rings is 1. The Kier molecular flexibility index (Phi) is 3.46. The number of nitrogens with zero attached hydrogens (tertiary/aromatic N) is 2. The molecule has 2 rings (SSSR count). The maximum Gasteiger partial charge on any atom is 0.135 e. The van der Waals surface area contributed by atoms with Crippen LogP contribution in [0.4, 0.5) is 0 Å². The molecule has 0 aliphatic rings. The Morgan fingerprint density at radius 1 is 1.60 bits per heavy atom. The van der Waals surface area contributed by atoms with Gasteiger partial charge in [0.2, 0.25) is 0 Å². The lowest BCUT2D eigenvalue weighted by Crippen LogP contribution is -1.89. The van der Waals surface area contributed by atoms with Crippen molar-refractivity contribution in [2.75, 3.05) is 7.11 Å². The predicted molar refractivity (Wildman–Crippen MR) is 75.7 cm³/mol. The van der Waals surface area contributed by atoms with Gasteiger partial charge in [0.15, 0.2) is 0 Å². The minimum Gasteiger partial charge on any atom is -0.495 e. The molecule has 0 aliphatic heterocycles. The second-order valence-electron chi connectivity index (χ2n) is 3.05. The lowest BCUT2D eigenvalue weighted by atomic mass is 10.2. The molecule has 6 heteroatoms. The van der Waals surface area contributed by atoms with Gasteiger partial charge in [0.05, 0.1) is 17.1 Å². The van der Waals surface area contributed by atoms with Gasteiger partial charge in [-0.3, -0.25) is 3.97 Å². The summed E-state index contributed by atoms with van der Waals surface area (Å²) in [7, 11) is 3.27. The first-order valence-corrected chi connectivity index (χ1v) is 8.29. The Labute approximate surface area is 112 Å². The van der Waals surface area contributed by atoms with Crippen LogP contribution in [0.3, 0.4) is 0 Å². The van der Waals surface area contributed by atoms with E-state index in [1.165, 1.54) is 0 Å². The third kappa shape index (κ3) is 1.87. The number of fused-ring (bicyclic) bond motifs is 1. The molecule has 0 radical (unpaired) electrons. The van der Waals surface area contributed by atoms with E-state index in [0.717, 1.165) is 26.8 Å². The Morgan fingerprint density at radius 2 is 2.33 bits per heavy atom. The maximum atomic E-state index is 5.27. The molecular formula is C9H8BrIN2OS. The third-order valence-electron chi connectivity index (χ3n) is 2.18. The van der Waals surface area contributed by atoms with Crippen LogP contribution in [0.25, 0.3) is 11.0 Å². The molecule has 0 atom stereocenters. The number of hydrogen-bond acceptors (Lipinski definition) is 3. The zero-order valence-electron chi connectivity index (χ0n) is 8.12. The fourth-order valence-electron chi connectivity index (χ4n) is 1.50. The van der Waals surface area contributed by atoms with E-state index in [9.17, 15) is 0 Å². The van der Waals surface area contributed by atoms with E-state index < -0.39 is 0 Å². The number of aromatic nitrogens is 2. The summed E-state index contributed by atoms with van der Waals surface area (Å²) in [6.45, 7) is 2.06. The highest BCUT2D eigenvalue weighted by atomic mass is 127. The van der Waals surface area contributed by atoms with Crippen LogP contribution in [-0.4, -0.2) is 16.1 Å². The first-order valence-electron chi connectivity index (χ1n) is 4.18. The molecule has 0 amide bonds. The van der Waals surface area contributed by atoms with E-state index in [-0.39, 0.29) is 0 Å². The summed E-state index contributed by atoms with van der Waals surface area (Å²) < 4.78 is 8.22. The first-order chi connectivity index (χ1) is 7.19. The molecule has 0 fully saturated rings. The largest absolute Gasteiger partial charge is 0.495 e. The molecule has 1 heterocycles. The van der Waals surface area contributed by atoms with Crippen LogP contribution in [0.1, 0.15) is 5.56 Å². The summed E-state index contributed by atoms with van der Waals surface area (Å²) in [6.07, 6.45) is 1.82.